The molecule has 2 aromatic carbocycles. The summed E-state index contributed by atoms with van der Waals surface area (Å²) in [6.45, 7) is 1.99. The highest BCUT2D eigenvalue weighted by molar-refractivity contribution is 5.84. The third-order valence-electron chi connectivity index (χ3n) is 2.89. The molecule has 0 aliphatic rings. The molecule has 2 N–H and O–H groups in total. The molecule has 3 rings (SSSR count). The number of benzene rings is 2. The monoisotopic (exact) mass is 251 g/mol. The standard InChI is InChI=1S/C15H13N3O/c1-10-6-2-5-9-13(10)19-14-11-7-3-4-8-12(11)17-15(16)18-14/h2-9H,1H3,(H2,16,17,18). The molecule has 0 saturated carbocycles. The number of fused-ring (bicyclic) bond motifs is 1. The average molecular weight is 251 g/mol. The van der Waals surface area contributed by atoms with E-state index in [4.69, 9.17) is 10.5 Å². The zero-order chi connectivity index (χ0) is 13.2. The number of nitrogen functional groups attached to an aromatic ring is 1. The summed E-state index contributed by atoms with van der Waals surface area (Å²) < 4.78 is 5.87. The average Bonchev–Trinajstić information content (AvgIpc) is 2.41. The SMILES string of the molecule is Cc1ccccc1Oc1nc(N)nc2ccccc12. The van der Waals surface area contributed by atoms with Crippen LogP contribution in [0.4, 0.5) is 5.95 Å². The van der Waals surface area contributed by atoms with Crippen LogP contribution in [0, 0.1) is 6.92 Å². The Labute approximate surface area is 110 Å². The summed E-state index contributed by atoms with van der Waals surface area (Å²) in [6.07, 6.45) is 0. The zero-order valence-electron chi connectivity index (χ0n) is 10.5. The second-order valence-corrected chi connectivity index (χ2v) is 4.27. The lowest BCUT2D eigenvalue weighted by Gasteiger charge is -2.10. The highest BCUT2D eigenvalue weighted by Gasteiger charge is 2.09. The van der Waals surface area contributed by atoms with E-state index in [1.165, 1.54) is 0 Å². The molecule has 0 amide bonds. The molecule has 4 heteroatoms. The fourth-order valence-electron chi connectivity index (χ4n) is 1.92. The van der Waals surface area contributed by atoms with Gasteiger partial charge >= 0.3 is 0 Å². The number of anilines is 1. The predicted molar refractivity (Wildman–Crippen MR) is 75.2 cm³/mol. The first-order valence-electron chi connectivity index (χ1n) is 6.00. The smallest absolute Gasteiger partial charge is 0.231 e. The summed E-state index contributed by atoms with van der Waals surface area (Å²) in [6, 6.07) is 15.4. The number of aromatic nitrogens is 2. The van der Waals surface area contributed by atoms with E-state index in [0.717, 1.165) is 22.2 Å². The van der Waals surface area contributed by atoms with Crippen LogP contribution in [0.3, 0.4) is 0 Å². The first-order chi connectivity index (χ1) is 9.24. The minimum Gasteiger partial charge on any atom is -0.438 e. The van der Waals surface area contributed by atoms with Crippen LogP contribution in [0.2, 0.25) is 0 Å². The van der Waals surface area contributed by atoms with Crippen molar-refractivity contribution in [3.63, 3.8) is 0 Å². The van der Waals surface area contributed by atoms with Crippen molar-refractivity contribution in [3.8, 4) is 11.6 Å². The van der Waals surface area contributed by atoms with Gasteiger partial charge in [0.2, 0.25) is 11.8 Å². The van der Waals surface area contributed by atoms with Gasteiger partial charge in [0, 0.05) is 0 Å². The van der Waals surface area contributed by atoms with Gasteiger partial charge in [0.1, 0.15) is 5.75 Å². The fourth-order valence-corrected chi connectivity index (χ4v) is 1.92. The Morgan fingerprint density at radius 2 is 1.68 bits per heavy atom. The van der Waals surface area contributed by atoms with Gasteiger partial charge in [-0.3, -0.25) is 0 Å². The lowest BCUT2D eigenvalue weighted by Crippen LogP contribution is -1.99. The van der Waals surface area contributed by atoms with Crippen molar-refractivity contribution in [2.45, 2.75) is 6.92 Å². The van der Waals surface area contributed by atoms with E-state index >= 15 is 0 Å². The van der Waals surface area contributed by atoms with Crippen LogP contribution in [0.1, 0.15) is 5.56 Å². The topological polar surface area (TPSA) is 61.0 Å². The van der Waals surface area contributed by atoms with Crippen molar-refractivity contribution >= 4 is 16.9 Å². The van der Waals surface area contributed by atoms with Crippen molar-refractivity contribution in [2.24, 2.45) is 0 Å². The Morgan fingerprint density at radius 1 is 0.947 bits per heavy atom. The molecule has 0 saturated heterocycles. The minimum absolute atomic E-state index is 0.210. The molecule has 0 fully saturated rings. The maximum Gasteiger partial charge on any atom is 0.231 e. The highest BCUT2D eigenvalue weighted by atomic mass is 16.5. The van der Waals surface area contributed by atoms with E-state index in [9.17, 15) is 0 Å². The van der Waals surface area contributed by atoms with Gasteiger partial charge in [-0.05, 0) is 30.7 Å². The Bertz CT molecular complexity index is 740. The van der Waals surface area contributed by atoms with Crippen LogP contribution >= 0.6 is 0 Å². The van der Waals surface area contributed by atoms with Crippen LogP contribution < -0.4 is 10.5 Å². The molecular formula is C15H13N3O. The molecule has 19 heavy (non-hydrogen) atoms. The molecule has 3 aromatic rings. The van der Waals surface area contributed by atoms with Gasteiger partial charge in [-0.1, -0.05) is 30.3 Å². The van der Waals surface area contributed by atoms with Crippen LogP contribution in [0.15, 0.2) is 48.5 Å². The number of rotatable bonds is 2. The van der Waals surface area contributed by atoms with E-state index in [1.54, 1.807) is 0 Å². The number of nitrogens with two attached hydrogens (primary N) is 1. The van der Waals surface area contributed by atoms with Crippen molar-refractivity contribution in [2.75, 3.05) is 5.73 Å². The Kier molecular flexibility index (Phi) is 2.76. The number of nitrogens with zero attached hydrogens (tertiary/aromatic N) is 2. The molecule has 1 aromatic heterocycles. The summed E-state index contributed by atoms with van der Waals surface area (Å²) in [5.74, 6) is 1.46. The quantitative estimate of drug-likeness (QED) is 0.759. The first kappa shape index (κ1) is 11.5. The van der Waals surface area contributed by atoms with Crippen LogP contribution in [0.5, 0.6) is 11.6 Å². The molecule has 1 heterocycles. The first-order valence-corrected chi connectivity index (χ1v) is 6.00. The Balaban J connectivity index is 2.13. The molecule has 0 radical (unpaired) electrons. The van der Waals surface area contributed by atoms with Crippen LogP contribution in [-0.2, 0) is 0 Å². The Hall–Kier alpha value is -2.62. The molecule has 0 bridgehead atoms. The second-order valence-electron chi connectivity index (χ2n) is 4.27. The summed E-state index contributed by atoms with van der Waals surface area (Å²) in [4.78, 5) is 8.37. The van der Waals surface area contributed by atoms with E-state index in [2.05, 4.69) is 9.97 Å². The predicted octanol–water partition coefficient (Wildman–Crippen LogP) is 3.31. The molecule has 0 aliphatic carbocycles. The number of aryl methyl sites for hydroxylation is 1. The lowest BCUT2D eigenvalue weighted by molar-refractivity contribution is 0.465. The van der Waals surface area contributed by atoms with E-state index in [1.807, 2.05) is 55.5 Å². The molecular weight excluding hydrogens is 238 g/mol. The second kappa shape index (κ2) is 4.57. The van der Waals surface area contributed by atoms with Crippen molar-refractivity contribution in [3.05, 3.63) is 54.1 Å². The zero-order valence-corrected chi connectivity index (χ0v) is 10.5. The van der Waals surface area contributed by atoms with E-state index < -0.39 is 0 Å². The van der Waals surface area contributed by atoms with Crippen LogP contribution in [-0.4, -0.2) is 9.97 Å². The summed E-state index contributed by atoms with van der Waals surface area (Å²) in [5.41, 5.74) is 7.54. The molecule has 0 unspecified atom stereocenters. The van der Waals surface area contributed by atoms with Gasteiger partial charge in [0.25, 0.3) is 0 Å². The van der Waals surface area contributed by atoms with Gasteiger partial charge in [-0.2, -0.15) is 4.98 Å². The third-order valence-corrected chi connectivity index (χ3v) is 2.89. The number of hydrogen-bond acceptors (Lipinski definition) is 4. The van der Waals surface area contributed by atoms with E-state index in [0.29, 0.717) is 5.88 Å². The maximum absolute atomic E-state index is 5.87. The van der Waals surface area contributed by atoms with Gasteiger partial charge in [0.05, 0.1) is 10.9 Å². The van der Waals surface area contributed by atoms with Gasteiger partial charge in [0.15, 0.2) is 0 Å². The largest absolute Gasteiger partial charge is 0.438 e. The third kappa shape index (κ3) is 2.20. The Morgan fingerprint density at radius 3 is 2.53 bits per heavy atom. The van der Waals surface area contributed by atoms with Crippen LogP contribution in [0.25, 0.3) is 10.9 Å². The van der Waals surface area contributed by atoms with Gasteiger partial charge in [-0.25, -0.2) is 4.98 Å². The molecule has 4 nitrogen and oxygen atoms in total. The number of ether oxygens (including phenoxy) is 1. The van der Waals surface area contributed by atoms with E-state index in [-0.39, 0.29) is 5.95 Å². The van der Waals surface area contributed by atoms with Crippen molar-refractivity contribution in [1.82, 2.24) is 9.97 Å². The molecule has 0 spiro atoms. The highest BCUT2D eigenvalue weighted by Crippen LogP contribution is 2.29. The molecule has 0 aliphatic heterocycles. The summed E-state index contributed by atoms with van der Waals surface area (Å²) >= 11 is 0. The molecule has 94 valence electrons. The minimum atomic E-state index is 0.210. The maximum atomic E-state index is 5.87. The van der Waals surface area contributed by atoms with Crippen molar-refractivity contribution in [1.29, 1.82) is 0 Å². The number of hydrogen-bond donors (Lipinski definition) is 1. The number of para-hydroxylation sites is 2. The fraction of sp³-hybridized carbons (Fsp3) is 0.0667. The summed E-state index contributed by atoms with van der Waals surface area (Å²) in [5, 5.41) is 0.847. The molecule has 0 atom stereocenters. The van der Waals surface area contributed by atoms with Gasteiger partial charge < -0.3 is 10.5 Å². The van der Waals surface area contributed by atoms with Gasteiger partial charge in [-0.15, -0.1) is 0 Å². The normalized spacial score (nSPS) is 10.6. The lowest BCUT2D eigenvalue weighted by atomic mass is 10.2. The summed E-state index contributed by atoms with van der Waals surface area (Å²) in [7, 11) is 0. The van der Waals surface area contributed by atoms with Crippen molar-refractivity contribution < 1.29 is 4.74 Å².